The average molecular weight is 317 g/mol. The number of ketones is 1. The Morgan fingerprint density at radius 3 is 2.52 bits per heavy atom. The SMILES string of the molecule is CCOC1CC(CC(=O)CC2CCCN(S(C)(=O)=O)C2)C1. The molecule has 0 radical (unpaired) electrons. The van der Waals surface area contributed by atoms with Crippen LogP contribution >= 0.6 is 0 Å². The van der Waals surface area contributed by atoms with Crippen molar-refractivity contribution in [3.63, 3.8) is 0 Å². The van der Waals surface area contributed by atoms with Gasteiger partial charge in [-0.05, 0) is 44.4 Å². The smallest absolute Gasteiger partial charge is 0.211 e. The number of piperidine rings is 1. The van der Waals surface area contributed by atoms with Crippen LogP contribution in [0.4, 0.5) is 0 Å². The summed E-state index contributed by atoms with van der Waals surface area (Å²) in [7, 11) is -3.12. The lowest BCUT2D eigenvalue weighted by molar-refractivity contribution is -0.123. The number of hydrogen-bond donors (Lipinski definition) is 0. The second-order valence-electron chi connectivity index (χ2n) is 6.49. The number of ether oxygens (including phenoxy) is 1. The van der Waals surface area contributed by atoms with Gasteiger partial charge in [-0.25, -0.2) is 12.7 Å². The van der Waals surface area contributed by atoms with E-state index >= 15 is 0 Å². The second-order valence-corrected chi connectivity index (χ2v) is 8.47. The Morgan fingerprint density at radius 2 is 1.90 bits per heavy atom. The first-order valence-electron chi connectivity index (χ1n) is 7.97. The number of nitrogens with zero attached hydrogens (tertiary/aromatic N) is 1. The van der Waals surface area contributed by atoms with E-state index < -0.39 is 10.0 Å². The van der Waals surface area contributed by atoms with Gasteiger partial charge >= 0.3 is 0 Å². The molecule has 1 aliphatic carbocycles. The fraction of sp³-hybridized carbons (Fsp3) is 0.933. The molecule has 6 heteroatoms. The Kier molecular flexibility index (Phi) is 5.80. The van der Waals surface area contributed by atoms with Crippen LogP contribution in [0, 0.1) is 11.8 Å². The molecule has 1 saturated heterocycles. The van der Waals surface area contributed by atoms with Crippen molar-refractivity contribution in [1.29, 1.82) is 0 Å². The van der Waals surface area contributed by atoms with Crippen molar-refractivity contribution >= 4 is 15.8 Å². The summed E-state index contributed by atoms with van der Waals surface area (Å²) in [6, 6.07) is 0. The van der Waals surface area contributed by atoms with Gasteiger partial charge in [0.15, 0.2) is 0 Å². The fourth-order valence-electron chi connectivity index (χ4n) is 3.43. The van der Waals surface area contributed by atoms with Gasteiger partial charge in [0, 0.05) is 32.5 Å². The first-order valence-corrected chi connectivity index (χ1v) is 9.81. The van der Waals surface area contributed by atoms with Crippen molar-refractivity contribution in [2.75, 3.05) is 26.0 Å². The number of sulfonamides is 1. The number of carbonyl (C=O) groups is 1. The van der Waals surface area contributed by atoms with Gasteiger partial charge < -0.3 is 4.74 Å². The molecule has 1 atom stereocenters. The molecule has 2 rings (SSSR count). The van der Waals surface area contributed by atoms with Crippen molar-refractivity contribution in [2.45, 2.75) is 51.6 Å². The number of Topliss-reactive ketones (excluding diaryl/α,β-unsaturated/α-hetero) is 1. The monoisotopic (exact) mass is 317 g/mol. The summed E-state index contributed by atoms with van der Waals surface area (Å²) in [5.41, 5.74) is 0. The standard InChI is InChI=1S/C15H27NO4S/c1-3-20-15-9-13(10-15)8-14(17)7-12-5-4-6-16(11-12)21(2,18)19/h12-13,15H,3-11H2,1-2H3. The van der Waals surface area contributed by atoms with Crippen LogP contribution in [0.1, 0.15) is 45.4 Å². The molecule has 0 aromatic heterocycles. The average Bonchev–Trinajstić information content (AvgIpc) is 2.35. The number of rotatable bonds is 7. The van der Waals surface area contributed by atoms with Gasteiger partial charge in [0.25, 0.3) is 0 Å². The molecule has 1 unspecified atom stereocenters. The molecule has 0 spiro atoms. The van der Waals surface area contributed by atoms with Crippen molar-refractivity contribution in [3.8, 4) is 0 Å². The highest BCUT2D eigenvalue weighted by Crippen LogP contribution is 2.34. The van der Waals surface area contributed by atoms with Gasteiger partial charge in [-0.2, -0.15) is 0 Å². The Morgan fingerprint density at radius 1 is 1.24 bits per heavy atom. The van der Waals surface area contributed by atoms with Gasteiger partial charge in [0.1, 0.15) is 5.78 Å². The van der Waals surface area contributed by atoms with Crippen molar-refractivity contribution in [1.82, 2.24) is 4.31 Å². The second kappa shape index (κ2) is 7.20. The normalized spacial score (nSPS) is 30.9. The highest BCUT2D eigenvalue weighted by atomic mass is 32.2. The molecule has 21 heavy (non-hydrogen) atoms. The Balaban J connectivity index is 1.71. The lowest BCUT2D eigenvalue weighted by Gasteiger charge is -2.35. The maximum absolute atomic E-state index is 12.1. The highest BCUT2D eigenvalue weighted by Gasteiger charge is 2.32. The minimum Gasteiger partial charge on any atom is -0.378 e. The Hall–Kier alpha value is -0.460. The minimum atomic E-state index is -3.12. The van der Waals surface area contributed by atoms with E-state index in [1.165, 1.54) is 10.6 Å². The molecule has 1 aliphatic heterocycles. The first-order chi connectivity index (χ1) is 9.88. The van der Waals surface area contributed by atoms with E-state index in [4.69, 9.17) is 4.74 Å². The van der Waals surface area contributed by atoms with Gasteiger partial charge in [-0.1, -0.05) is 0 Å². The summed E-state index contributed by atoms with van der Waals surface area (Å²) in [5.74, 6) is 0.961. The zero-order valence-corrected chi connectivity index (χ0v) is 13.9. The van der Waals surface area contributed by atoms with Gasteiger partial charge in [-0.3, -0.25) is 4.79 Å². The molecule has 0 N–H and O–H groups in total. The van der Waals surface area contributed by atoms with E-state index in [0.717, 1.165) is 32.3 Å². The molecule has 5 nitrogen and oxygen atoms in total. The molecule has 0 aromatic rings. The quantitative estimate of drug-likeness (QED) is 0.718. The molecule has 1 heterocycles. The largest absolute Gasteiger partial charge is 0.378 e. The van der Waals surface area contributed by atoms with Crippen molar-refractivity contribution < 1.29 is 17.9 Å². The maximum atomic E-state index is 12.1. The number of carbonyl (C=O) groups excluding carboxylic acids is 1. The topological polar surface area (TPSA) is 63.7 Å². The van der Waals surface area contributed by atoms with Crippen molar-refractivity contribution in [2.24, 2.45) is 11.8 Å². The van der Waals surface area contributed by atoms with Gasteiger partial charge in [0.2, 0.25) is 10.0 Å². The predicted molar refractivity (Wildman–Crippen MR) is 81.5 cm³/mol. The van der Waals surface area contributed by atoms with E-state index in [9.17, 15) is 13.2 Å². The van der Waals surface area contributed by atoms with Gasteiger partial charge in [-0.15, -0.1) is 0 Å². The van der Waals surface area contributed by atoms with Crippen LogP contribution in [-0.4, -0.2) is 50.6 Å². The molecule has 0 aromatic carbocycles. The molecule has 122 valence electrons. The van der Waals surface area contributed by atoms with Crippen LogP contribution in [0.2, 0.25) is 0 Å². The third kappa shape index (κ3) is 5.04. The van der Waals surface area contributed by atoms with Crippen LogP contribution in [0.5, 0.6) is 0 Å². The third-order valence-electron chi connectivity index (χ3n) is 4.58. The molecular weight excluding hydrogens is 290 g/mol. The summed E-state index contributed by atoms with van der Waals surface area (Å²) >= 11 is 0. The van der Waals surface area contributed by atoms with E-state index in [0.29, 0.717) is 38.0 Å². The van der Waals surface area contributed by atoms with E-state index in [-0.39, 0.29) is 11.7 Å². The van der Waals surface area contributed by atoms with Crippen molar-refractivity contribution in [3.05, 3.63) is 0 Å². The van der Waals surface area contributed by atoms with Crippen LogP contribution in [0.15, 0.2) is 0 Å². The third-order valence-corrected chi connectivity index (χ3v) is 5.85. The predicted octanol–water partition coefficient (Wildman–Crippen LogP) is 1.82. The van der Waals surface area contributed by atoms with Crippen LogP contribution in [0.3, 0.4) is 0 Å². The molecular formula is C15H27NO4S. The van der Waals surface area contributed by atoms with Crippen LogP contribution in [0.25, 0.3) is 0 Å². The van der Waals surface area contributed by atoms with E-state index in [2.05, 4.69) is 0 Å². The summed E-state index contributed by atoms with van der Waals surface area (Å²) in [5, 5.41) is 0. The fourth-order valence-corrected chi connectivity index (χ4v) is 4.38. The van der Waals surface area contributed by atoms with E-state index in [1.807, 2.05) is 6.92 Å². The van der Waals surface area contributed by atoms with Gasteiger partial charge in [0.05, 0.1) is 12.4 Å². The summed E-state index contributed by atoms with van der Waals surface area (Å²) in [4.78, 5) is 12.1. The number of hydrogen-bond acceptors (Lipinski definition) is 4. The van der Waals surface area contributed by atoms with E-state index in [1.54, 1.807) is 0 Å². The summed E-state index contributed by atoms with van der Waals surface area (Å²) < 4.78 is 30.2. The minimum absolute atomic E-state index is 0.198. The lowest BCUT2D eigenvalue weighted by Crippen LogP contribution is -2.40. The zero-order chi connectivity index (χ0) is 15.5. The van der Waals surface area contributed by atoms with Crippen LogP contribution in [-0.2, 0) is 19.6 Å². The molecule has 1 saturated carbocycles. The molecule has 2 fully saturated rings. The highest BCUT2D eigenvalue weighted by molar-refractivity contribution is 7.88. The molecule has 0 bridgehead atoms. The first kappa shape index (κ1) is 16.9. The van der Waals surface area contributed by atoms with Crippen LogP contribution < -0.4 is 0 Å². The summed E-state index contributed by atoms with van der Waals surface area (Å²) in [6.07, 6.45) is 6.59. The maximum Gasteiger partial charge on any atom is 0.211 e. The zero-order valence-electron chi connectivity index (χ0n) is 13.1. The molecule has 0 amide bonds. The Labute approximate surface area is 128 Å². The Bertz CT molecular complexity index is 456. The summed E-state index contributed by atoms with van der Waals surface area (Å²) in [6.45, 7) is 3.85. The molecule has 2 aliphatic rings. The lowest BCUT2D eigenvalue weighted by atomic mass is 9.78.